The van der Waals surface area contributed by atoms with Crippen molar-refractivity contribution in [1.82, 2.24) is 9.03 Å². The molecule has 100 valence electrons. The van der Waals surface area contributed by atoms with Gasteiger partial charge in [-0.3, -0.25) is 0 Å². The van der Waals surface area contributed by atoms with E-state index in [1.54, 1.807) is 0 Å². The van der Waals surface area contributed by atoms with Gasteiger partial charge in [0.05, 0.1) is 0 Å². The second kappa shape index (κ2) is 4.64. The van der Waals surface area contributed by atoms with Gasteiger partial charge < -0.3 is 0 Å². The minimum Gasteiger partial charge on any atom is -0.198 e. The van der Waals surface area contributed by atoms with Crippen LogP contribution in [0.2, 0.25) is 0 Å². The van der Waals surface area contributed by atoms with E-state index in [4.69, 9.17) is 0 Å². The molecule has 1 aliphatic rings. The van der Waals surface area contributed by atoms with E-state index in [9.17, 15) is 8.42 Å². The lowest BCUT2D eigenvalue weighted by atomic mass is 9.94. The number of nitrogens with one attached hydrogen (secondary N) is 1. The molecule has 0 spiro atoms. The molecule has 0 aromatic heterocycles. The molecule has 1 fully saturated rings. The van der Waals surface area contributed by atoms with Crippen LogP contribution in [-0.2, 0) is 16.8 Å². The van der Waals surface area contributed by atoms with Crippen molar-refractivity contribution in [3.05, 3.63) is 33.9 Å². The first kappa shape index (κ1) is 13.5. The molecule has 2 rings (SSSR count). The minimum absolute atomic E-state index is 0.374. The molecule has 5 heteroatoms. The van der Waals surface area contributed by atoms with Crippen molar-refractivity contribution in [2.45, 2.75) is 34.2 Å². The number of nitrogens with zero attached hydrogens (tertiary/aromatic N) is 1. The summed E-state index contributed by atoms with van der Waals surface area (Å²) < 4.78 is 27.6. The van der Waals surface area contributed by atoms with Gasteiger partial charge >= 0.3 is 0 Å². The summed E-state index contributed by atoms with van der Waals surface area (Å²) in [5.74, 6) is 0. The highest BCUT2D eigenvalue weighted by molar-refractivity contribution is 7.87. The second-order valence-electron chi connectivity index (χ2n) is 4.96. The van der Waals surface area contributed by atoms with Gasteiger partial charge in [-0.25, -0.2) is 0 Å². The molecule has 18 heavy (non-hydrogen) atoms. The summed E-state index contributed by atoms with van der Waals surface area (Å²) in [4.78, 5) is 0. The smallest absolute Gasteiger partial charge is 0.198 e. The van der Waals surface area contributed by atoms with Crippen LogP contribution >= 0.6 is 0 Å². The third-order valence-electron chi connectivity index (χ3n) is 3.70. The maximum absolute atomic E-state index is 11.8. The van der Waals surface area contributed by atoms with E-state index in [0.29, 0.717) is 19.6 Å². The average Bonchev–Trinajstić information content (AvgIpc) is 3.10. The Morgan fingerprint density at radius 2 is 1.61 bits per heavy atom. The Labute approximate surface area is 109 Å². The summed E-state index contributed by atoms with van der Waals surface area (Å²) in [5.41, 5.74) is 5.86. The normalized spacial score (nSPS) is 16.0. The predicted molar refractivity (Wildman–Crippen MR) is 72.7 cm³/mol. The highest BCUT2D eigenvalue weighted by atomic mass is 32.2. The lowest BCUT2D eigenvalue weighted by Gasteiger charge is -2.16. The fraction of sp³-hybridized carbons (Fsp3) is 0.538. The molecule has 0 aliphatic carbocycles. The molecular formula is C13H20N2O2S. The monoisotopic (exact) mass is 268 g/mol. The van der Waals surface area contributed by atoms with Crippen LogP contribution in [0.25, 0.3) is 0 Å². The quantitative estimate of drug-likeness (QED) is 0.843. The van der Waals surface area contributed by atoms with Crippen molar-refractivity contribution in [3.63, 3.8) is 0 Å². The molecule has 1 heterocycles. The van der Waals surface area contributed by atoms with E-state index in [2.05, 4.69) is 24.6 Å². The molecule has 0 radical (unpaired) electrons. The number of hydrogen-bond acceptors (Lipinski definition) is 2. The van der Waals surface area contributed by atoms with E-state index in [-0.39, 0.29) is 0 Å². The van der Waals surface area contributed by atoms with E-state index in [1.807, 2.05) is 13.8 Å². The Morgan fingerprint density at radius 3 is 2.06 bits per heavy atom. The van der Waals surface area contributed by atoms with E-state index in [0.717, 1.165) is 5.56 Å². The summed E-state index contributed by atoms with van der Waals surface area (Å²) in [6.45, 7) is 9.86. The molecule has 1 aromatic rings. The van der Waals surface area contributed by atoms with Gasteiger partial charge in [-0.15, -0.1) is 0 Å². The van der Waals surface area contributed by atoms with Gasteiger partial charge in [0.25, 0.3) is 10.2 Å². The summed E-state index contributed by atoms with van der Waals surface area (Å²) in [5, 5.41) is 0. The molecule has 4 nitrogen and oxygen atoms in total. The van der Waals surface area contributed by atoms with Crippen LogP contribution in [0.3, 0.4) is 0 Å². The lowest BCUT2D eigenvalue weighted by Crippen LogP contribution is -2.30. The van der Waals surface area contributed by atoms with Crippen molar-refractivity contribution >= 4 is 10.2 Å². The fourth-order valence-electron chi connectivity index (χ4n) is 2.10. The van der Waals surface area contributed by atoms with Crippen LogP contribution in [0, 0.1) is 27.7 Å². The maximum atomic E-state index is 11.8. The van der Waals surface area contributed by atoms with Gasteiger partial charge in [0.1, 0.15) is 0 Å². The molecule has 1 saturated heterocycles. The number of hydrogen-bond donors (Lipinski definition) is 1. The molecule has 0 amide bonds. The van der Waals surface area contributed by atoms with Crippen LogP contribution in [0.15, 0.2) is 6.07 Å². The van der Waals surface area contributed by atoms with Gasteiger partial charge in [-0.05, 0) is 55.5 Å². The van der Waals surface area contributed by atoms with Gasteiger partial charge in [0.15, 0.2) is 0 Å². The number of benzene rings is 1. The van der Waals surface area contributed by atoms with Crippen molar-refractivity contribution in [2.24, 2.45) is 0 Å². The zero-order valence-electron chi connectivity index (χ0n) is 11.4. The molecule has 1 aromatic carbocycles. The standard InChI is InChI=1S/C13H20N2O2S/c1-9-7-10(2)12(4)13(11(9)3)8-14-18(16,17)15-5-6-15/h7,14H,5-6,8H2,1-4H3. The van der Waals surface area contributed by atoms with Crippen molar-refractivity contribution in [3.8, 4) is 0 Å². The number of aryl methyl sites for hydroxylation is 2. The van der Waals surface area contributed by atoms with Crippen LogP contribution in [0.1, 0.15) is 27.8 Å². The van der Waals surface area contributed by atoms with Crippen LogP contribution < -0.4 is 4.72 Å². The minimum atomic E-state index is -3.26. The van der Waals surface area contributed by atoms with Crippen LogP contribution in [0.4, 0.5) is 0 Å². The molecule has 0 atom stereocenters. The maximum Gasteiger partial charge on any atom is 0.279 e. The zero-order valence-corrected chi connectivity index (χ0v) is 12.2. The van der Waals surface area contributed by atoms with Gasteiger partial charge in [0.2, 0.25) is 0 Å². The first-order valence-corrected chi connectivity index (χ1v) is 7.58. The van der Waals surface area contributed by atoms with E-state index < -0.39 is 10.2 Å². The SMILES string of the molecule is Cc1cc(C)c(C)c(CNS(=O)(=O)N2CC2)c1C. The average molecular weight is 268 g/mol. The largest absolute Gasteiger partial charge is 0.279 e. The first-order chi connectivity index (χ1) is 8.33. The van der Waals surface area contributed by atoms with E-state index in [1.165, 1.54) is 26.6 Å². The topological polar surface area (TPSA) is 49.2 Å². The third kappa shape index (κ3) is 2.58. The Morgan fingerprint density at radius 1 is 1.11 bits per heavy atom. The van der Waals surface area contributed by atoms with Gasteiger partial charge in [-0.2, -0.15) is 17.4 Å². The molecule has 0 saturated carbocycles. The van der Waals surface area contributed by atoms with Gasteiger partial charge in [0, 0.05) is 19.6 Å². The third-order valence-corrected chi connectivity index (χ3v) is 5.25. The lowest BCUT2D eigenvalue weighted by molar-refractivity contribution is 0.546. The summed E-state index contributed by atoms with van der Waals surface area (Å²) in [6, 6.07) is 2.15. The highest BCUT2D eigenvalue weighted by Crippen LogP contribution is 2.22. The highest BCUT2D eigenvalue weighted by Gasteiger charge is 2.31. The summed E-state index contributed by atoms with van der Waals surface area (Å²) in [7, 11) is -3.26. The van der Waals surface area contributed by atoms with Crippen molar-refractivity contribution in [2.75, 3.05) is 13.1 Å². The zero-order chi connectivity index (χ0) is 13.5. The first-order valence-electron chi connectivity index (χ1n) is 6.14. The Balaban J connectivity index is 2.24. The predicted octanol–water partition coefficient (Wildman–Crippen LogP) is 1.57. The summed E-state index contributed by atoms with van der Waals surface area (Å²) >= 11 is 0. The molecular weight excluding hydrogens is 248 g/mol. The molecule has 1 aliphatic heterocycles. The van der Waals surface area contributed by atoms with E-state index >= 15 is 0 Å². The van der Waals surface area contributed by atoms with Crippen molar-refractivity contribution < 1.29 is 8.42 Å². The Kier molecular flexibility index (Phi) is 3.49. The number of rotatable bonds is 4. The molecule has 0 bridgehead atoms. The second-order valence-corrected chi connectivity index (χ2v) is 6.72. The molecule has 1 N–H and O–H groups in total. The fourth-order valence-corrected chi connectivity index (χ4v) is 3.17. The van der Waals surface area contributed by atoms with Crippen LogP contribution in [-0.4, -0.2) is 25.8 Å². The van der Waals surface area contributed by atoms with Crippen LogP contribution in [0.5, 0.6) is 0 Å². The molecule has 0 unspecified atom stereocenters. The van der Waals surface area contributed by atoms with Crippen molar-refractivity contribution in [1.29, 1.82) is 0 Å². The van der Waals surface area contributed by atoms with Gasteiger partial charge in [-0.1, -0.05) is 6.07 Å². The Bertz CT molecular complexity index is 549. The summed E-state index contributed by atoms with van der Waals surface area (Å²) in [6.07, 6.45) is 0. The Hall–Kier alpha value is -0.910.